The van der Waals surface area contributed by atoms with Crippen LogP contribution in [0, 0.1) is 5.92 Å². The number of fused-ring (bicyclic) bond motifs is 1. The van der Waals surface area contributed by atoms with Crippen LogP contribution in [-0.2, 0) is 6.54 Å². The minimum atomic E-state index is -0.0692. The third-order valence-corrected chi connectivity index (χ3v) is 4.02. The Bertz CT molecular complexity index is 852. The van der Waals surface area contributed by atoms with Gasteiger partial charge in [0.05, 0.1) is 12.6 Å². The lowest BCUT2D eigenvalue weighted by Gasteiger charge is -2.20. The van der Waals surface area contributed by atoms with Crippen LogP contribution in [0.3, 0.4) is 0 Å². The van der Waals surface area contributed by atoms with Gasteiger partial charge in [0.1, 0.15) is 19.5 Å². The Labute approximate surface area is 154 Å². The number of nitrogens with one attached hydrogen (secondary N) is 2. The molecule has 0 aromatic carbocycles. The highest BCUT2D eigenvalue weighted by molar-refractivity contribution is 6.36. The van der Waals surface area contributed by atoms with Crippen LogP contribution >= 0.6 is 0 Å². The first-order chi connectivity index (χ1) is 12.6. The van der Waals surface area contributed by atoms with Gasteiger partial charge >= 0.3 is 0 Å². The summed E-state index contributed by atoms with van der Waals surface area (Å²) in [5, 5.41) is 20.6. The van der Waals surface area contributed by atoms with Crippen LogP contribution in [0.2, 0.25) is 0 Å². The normalized spacial score (nSPS) is 12.5. The summed E-state index contributed by atoms with van der Waals surface area (Å²) in [6.07, 6.45) is 5.98. The molecule has 134 valence electrons. The van der Waals surface area contributed by atoms with Gasteiger partial charge in [-0.15, -0.1) is 0 Å². The van der Waals surface area contributed by atoms with Crippen LogP contribution in [0.15, 0.2) is 36.8 Å². The first kappa shape index (κ1) is 18.2. The zero-order chi connectivity index (χ0) is 18.5. The van der Waals surface area contributed by atoms with Crippen molar-refractivity contribution in [1.29, 1.82) is 0 Å². The standard InChI is InChI=1S/C18H23BN6O/c1-12(2)6-14(11-26)23-16-7-17(21-9-13-4-3-5-20-8-13)25-18(24-16)15(19)10-22-25/h3-5,7-8,10,12,14,21,26H,6,9,11H2,1-2H3,(H,23,24)/t14-/m1/s1. The maximum atomic E-state index is 9.63. The molecule has 0 aliphatic rings. The lowest BCUT2D eigenvalue weighted by atomic mass is 10.0. The van der Waals surface area contributed by atoms with E-state index in [0.717, 1.165) is 17.8 Å². The van der Waals surface area contributed by atoms with Crippen LogP contribution in [0.5, 0.6) is 0 Å². The molecule has 0 fully saturated rings. The zero-order valence-corrected chi connectivity index (χ0v) is 15.1. The number of anilines is 2. The number of aromatic nitrogens is 4. The molecule has 0 aliphatic carbocycles. The molecular formula is C18H23BN6O. The van der Waals surface area contributed by atoms with Crippen molar-refractivity contribution < 1.29 is 5.11 Å². The molecule has 0 amide bonds. The smallest absolute Gasteiger partial charge is 0.152 e. The molecule has 0 unspecified atom stereocenters. The van der Waals surface area contributed by atoms with Crippen molar-refractivity contribution in [3.05, 3.63) is 42.4 Å². The fraction of sp³-hybridized carbons (Fsp3) is 0.389. The summed E-state index contributed by atoms with van der Waals surface area (Å²) < 4.78 is 1.67. The molecule has 3 rings (SSSR count). The van der Waals surface area contributed by atoms with E-state index in [0.29, 0.717) is 29.4 Å². The van der Waals surface area contributed by atoms with Gasteiger partial charge in [0.2, 0.25) is 0 Å². The Balaban J connectivity index is 1.86. The summed E-state index contributed by atoms with van der Waals surface area (Å²) in [6, 6.07) is 5.70. The second-order valence-electron chi connectivity index (χ2n) is 6.73. The van der Waals surface area contributed by atoms with E-state index >= 15 is 0 Å². The summed E-state index contributed by atoms with van der Waals surface area (Å²) in [5.41, 5.74) is 2.13. The van der Waals surface area contributed by atoms with Gasteiger partial charge in [-0.3, -0.25) is 4.98 Å². The molecule has 3 aromatic heterocycles. The highest BCUT2D eigenvalue weighted by Crippen LogP contribution is 2.18. The Morgan fingerprint density at radius 3 is 2.85 bits per heavy atom. The minimum Gasteiger partial charge on any atom is -0.394 e. The van der Waals surface area contributed by atoms with Crippen LogP contribution in [0.1, 0.15) is 25.8 Å². The maximum Gasteiger partial charge on any atom is 0.152 e. The Kier molecular flexibility index (Phi) is 5.73. The average molecular weight is 350 g/mol. The molecule has 8 heteroatoms. The van der Waals surface area contributed by atoms with Gasteiger partial charge in [-0.25, -0.2) is 4.98 Å². The zero-order valence-electron chi connectivity index (χ0n) is 15.1. The molecule has 1 atom stereocenters. The fourth-order valence-electron chi connectivity index (χ4n) is 2.83. The lowest BCUT2D eigenvalue weighted by molar-refractivity contribution is 0.259. The Hall–Kier alpha value is -2.61. The number of hydrogen-bond donors (Lipinski definition) is 3. The molecule has 7 nitrogen and oxygen atoms in total. The van der Waals surface area contributed by atoms with E-state index in [1.165, 1.54) is 0 Å². The van der Waals surface area contributed by atoms with Gasteiger partial charge in [0.25, 0.3) is 0 Å². The average Bonchev–Trinajstić information content (AvgIpc) is 3.01. The van der Waals surface area contributed by atoms with E-state index in [1.807, 2.05) is 24.4 Å². The van der Waals surface area contributed by atoms with Gasteiger partial charge in [-0.1, -0.05) is 19.9 Å². The molecule has 0 bridgehead atoms. The van der Waals surface area contributed by atoms with Crippen molar-refractivity contribution >= 4 is 30.6 Å². The molecule has 3 heterocycles. The largest absolute Gasteiger partial charge is 0.394 e. The number of hydrogen-bond acceptors (Lipinski definition) is 6. The first-order valence-electron chi connectivity index (χ1n) is 8.71. The second kappa shape index (κ2) is 8.18. The van der Waals surface area contributed by atoms with E-state index in [1.54, 1.807) is 16.9 Å². The second-order valence-corrected chi connectivity index (χ2v) is 6.73. The number of aliphatic hydroxyl groups is 1. The molecule has 0 saturated heterocycles. The highest BCUT2D eigenvalue weighted by atomic mass is 16.3. The third kappa shape index (κ3) is 4.32. The predicted octanol–water partition coefficient (Wildman–Crippen LogP) is 1.35. The predicted molar refractivity (Wildman–Crippen MR) is 104 cm³/mol. The molecule has 26 heavy (non-hydrogen) atoms. The van der Waals surface area contributed by atoms with Crippen molar-refractivity contribution in [2.24, 2.45) is 5.92 Å². The molecule has 3 aromatic rings. The fourth-order valence-corrected chi connectivity index (χ4v) is 2.83. The molecular weight excluding hydrogens is 327 g/mol. The SMILES string of the molecule is [B]c1cnn2c(NCc3cccnc3)cc(N[C@@H](CO)CC(C)C)nc12. The third-order valence-electron chi connectivity index (χ3n) is 4.02. The summed E-state index contributed by atoms with van der Waals surface area (Å²) in [4.78, 5) is 8.67. The van der Waals surface area contributed by atoms with Gasteiger partial charge < -0.3 is 15.7 Å². The molecule has 0 aliphatic heterocycles. The van der Waals surface area contributed by atoms with Gasteiger partial charge in [0.15, 0.2) is 5.65 Å². The van der Waals surface area contributed by atoms with Crippen LogP contribution in [0.25, 0.3) is 5.65 Å². The van der Waals surface area contributed by atoms with Gasteiger partial charge in [-0.05, 0) is 29.4 Å². The summed E-state index contributed by atoms with van der Waals surface area (Å²) in [7, 11) is 6.00. The summed E-state index contributed by atoms with van der Waals surface area (Å²) in [5.74, 6) is 1.88. The van der Waals surface area contributed by atoms with E-state index < -0.39 is 0 Å². The van der Waals surface area contributed by atoms with E-state index in [9.17, 15) is 5.11 Å². The van der Waals surface area contributed by atoms with Crippen LogP contribution in [0.4, 0.5) is 11.6 Å². The van der Waals surface area contributed by atoms with Crippen molar-refractivity contribution in [3.8, 4) is 0 Å². The van der Waals surface area contributed by atoms with Crippen molar-refractivity contribution in [2.45, 2.75) is 32.9 Å². The molecule has 0 saturated carbocycles. The molecule has 0 spiro atoms. The maximum absolute atomic E-state index is 9.63. The minimum absolute atomic E-state index is 0.0399. The number of pyridine rings is 1. The number of aliphatic hydroxyl groups excluding tert-OH is 1. The monoisotopic (exact) mass is 350 g/mol. The quantitative estimate of drug-likeness (QED) is 0.532. The summed E-state index contributed by atoms with van der Waals surface area (Å²) >= 11 is 0. The Morgan fingerprint density at radius 2 is 2.15 bits per heavy atom. The highest BCUT2D eigenvalue weighted by Gasteiger charge is 2.14. The summed E-state index contributed by atoms with van der Waals surface area (Å²) in [6.45, 7) is 4.88. The van der Waals surface area contributed by atoms with Gasteiger partial charge in [0, 0.05) is 31.2 Å². The van der Waals surface area contributed by atoms with Crippen molar-refractivity contribution in [2.75, 3.05) is 17.2 Å². The van der Waals surface area contributed by atoms with E-state index in [-0.39, 0.29) is 12.6 Å². The van der Waals surface area contributed by atoms with E-state index in [4.69, 9.17) is 7.85 Å². The van der Waals surface area contributed by atoms with Crippen LogP contribution in [-0.4, -0.2) is 45.2 Å². The van der Waals surface area contributed by atoms with Crippen molar-refractivity contribution in [1.82, 2.24) is 19.6 Å². The number of rotatable bonds is 8. The van der Waals surface area contributed by atoms with Gasteiger partial charge in [-0.2, -0.15) is 9.61 Å². The Morgan fingerprint density at radius 1 is 1.31 bits per heavy atom. The first-order valence-corrected chi connectivity index (χ1v) is 8.71. The van der Waals surface area contributed by atoms with Crippen LogP contribution < -0.4 is 16.1 Å². The molecule has 2 radical (unpaired) electrons. The van der Waals surface area contributed by atoms with Crippen molar-refractivity contribution in [3.63, 3.8) is 0 Å². The molecule has 3 N–H and O–H groups in total. The number of nitrogens with zero attached hydrogens (tertiary/aromatic N) is 4. The van der Waals surface area contributed by atoms with E-state index in [2.05, 4.69) is 39.5 Å². The topological polar surface area (TPSA) is 87.4 Å². The lowest BCUT2D eigenvalue weighted by Crippen LogP contribution is -2.26.